The summed E-state index contributed by atoms with van der Waals surface area (Å²) in [5.74, 6) is -0.470. The molecule has 10 heteroatoms. The molecule has 0 spiro atoms. The number of imide groups is 1. The zero-order chi connectivity index (χ0) is 20.8. The van der Waals surface area contributed by atoms with Gasteiger partial charge in [-0.25, -0.2) is 14.4 Å². The summed E-state index contributed by atoms with van der Waals surface area (Å²) in [5, 5.41) is 10.1. The number of benzene rings is 1. The van der Waals surface area contributed by atoms with Crippen LogP contribution in [0.4, 0.5) is 10.2 Å². The molecule has 1 aliphatic rings. The van der Waals surface area contributed by atoms with Crippen molar-refractivity contribution in [2.45, 2.75) is 6.92 Å². The van der Waals surface area contributed by atoms with Gasteiger partial charge < -0.3 is 5.32 Å². The minimum Gasteiger partial charge on any atom is -0.335 e. The second-order valence-corrected chi connectivity index (χ2v) is 8.42. The number of carbonyl (C=O) groups excluding carboxylic acids is 2. The Bertz CT molecular complexity index is 1350. The fourth-order valence-electron chi connectivity index (χ4n) is 3.19. The lowest BCUT2D eigenvalue weighted by Crippen LogP contribution is -2.24. The summed E-state index contributed by atoms with van der Waals surface area (Å²) in [6.07, 6.45) is 0. The van der Waals surface area contributed by atoms with Crippen LogP contribution in [0.5, 0.6) is 0 Å². The van der Waals surface area contributed by atoms with Crippen LogP contribution in [0.25, 0.3) is 32.0 Å². The Morgan fingerprint density at radius 3 is 2.45 bits per heavy atom. The Labute approximate surface area is 190 Å². The van der Waals surface area contributed by atoms with Gasteiger partial charge in [0, 0.05) is 27.0 Å². The van der Waals surface area contributed by atoms with Crippen molar-refractivity contribution in [1.29, 1.82) is 0 Å². The molecule has 1 aliphatic heterocycles. The van der Waals surface area contributed by atoms with Crippen LogP contribution in [-0.4, -0.2) is 21.8 Å². The van der Waals surface area contributed by atoms with Gasteiger partial charge >= 0.3 is 0 Å². The molecule has 0 radical (unpaired) electrons. The van der Waals surface area contributed by atoms with Crippen molar-refractivity contribution < 1.29 is 14.0 Å². The van der Waals surface area contributed by atoms with E-state index in [0.717, 1.165) is 20.7 Å². The number of nitrogens with one attached hydrogen (secondary N) is 2. The third-order valence-corrected chi connectivity index (χ3v) is 6.51. The highest BCUT2D eigenvalue weighted by Crippen LogP contribution is 2.40. The van der Waals surface area contributed by atoms with E-state index < -0.39 is 11.8 Å². The first-order chi connectivity index (χ1) is 14.5. The van der Waals surface area contributed by atoms with Gasteiger partial charge in [0.1, 0.15) is 22.2 Å². The van der Waals surface area contributed by atoms with Gasteiger partial charge in [0.25, 0.3) is 11.8 Å². The molecule has 0 unspecified atom stereocenters. The number of aromatic nitrogens is 2. The average molecular weight is 473 g/mol. The number of fused-ring (bicyclic) bond motifs is 1. The molecule has 5 rings (SSSR count). The number of thiophene rings is 2. The van der Waals surface area contributed by atoms with Crippen molar-refractivity contribution in [3.05, 3.63) is 64.2 Å². The van der Waals surface area contributed by atoms with Crippen molar-refractivity contribution in [3.8, 4) is 21.8 Å². The van der Waals surface area contributed by atoms with E-state index >= 15 is 0 Å². The molecule has 0 saturated heterocycles. The molecule has 0 atom stereocenters. The normalized spacial score (nSPS) is 13.5. The first kappa shape index (κ1) is 21.1. The number of carbonyl (C=O) groups is 2. The largest absolute Gasteiger partial charge is 0.335 e. The van der Waals surface area contributed by atoms with Crippen molar-refractivity contribution in [3.63, 3.8) is 0 Å². The van der Waals surface area contributed by atoms with Gasteiger partial charge in [0.15, 0.2) is 5.82 Å². The Hall–Kier alpha value is -3.14. The van der Waals surface area contributed by atoms with Crippen LogP contribution >= 0.6 is 35.1 Å². The van der Waals surface area contributed by atoms with E-state index in [2.05, 4.69) is 20.6 Å². The van der Waals surface area contributed by atoms with Gasteiger partial charge in [-0.1, -0.05) is 6.07 Å². The van der Waals surface area contributed by atoms with Gasteiger partial charge in [0.2, 0.25) is 0 Å². The van der Waals surface area contributed by atoms with Crippen LogP contribution in [0.3, 0.4) is 0 Å². The Morgan fingerprint density at radius 1 is 1.03 bits per heavy atom. The van der Waals surface area contributed by atoms with Gasteiger partial charge in [-0.05, 0) is 42.6 Å². The third-order valence-electron chi connectivity index (χ3n) is 4.74. The molecular formula is C21H14ClFN4O2S2. The van der Waals surface area contributed by atoms with Crippen molar-refractivity contribution in [2.75, 3.05) is 5.32 Å². The maximum absolute atomic E-state index is 13.4. The van der Waals surface area contributed by atoms with Crippen molar-refractivity contribution >= 4 is 62.9 Å². The van der Waals surface area contributed by atoms with E-state index in [4.69, 9.17) is 0 Å². The molecule has 156 valence electrons. The second kappa shape index (κ2) is 8.18. The molecule has 2 amide bonds. The highest BCUT2D eigenvalue weighted by molar-refractivity contribution is 7.18. The first-order valence-corrected chi connectivity index (χ1v) is 10.7. The van der Waals surface area contributed by atoms with Crippen molar-refractivity contribution in [2.24, 2.45) is 0 Å². The van der Waals surface area contributed by atoms with Crippen LogP contribution in [0.1, 0.15) is 6.92 Å². The smallest absolute Gasteiger partial charge is 0.275 e. The highest BCUT2D eigenvalue weighted by atomic mass is 35.5. The van der Waals surface area contributed by atoms with E-state index in [0.29, 0.717) is 22.8 Å². The van der Waals surface area contributed by atoms with Crippen LogP contribution in [0, 0.1) is 5.82 Å². The zero-order valence-corrected chi connectivity index (χ0v) is 18.4. The van der Waals surface area contributed by atoms with Gasteiger partial charge in [0.05, 0.1) is 5.39 Å². The molecule has 0 aliphatic carbocycles. The minimum atomic E-state index is -0.500. The number of amides is 2. The summed E-state index contributed by atoms with van der Waals surface area (Å²) in [5.41, 5.74) is 2.04. The van der Waals surface area contributed by atoms with Crippen LogP contribution in [0.15, 0.2) is 58.4 Å². The number of hydrogen-bond donors (Lipinski definition) is 2. The predicted molar refractivity (Wildman–Crippen MR) is 123 cm³/mol. The number of hydrogen-bond acceptors (Lipinski definition) is 7. The quantitative estimate of drug-likeness (QED) is 0.409. The fraction of sp³-hybridized carbons (Fsp3) is 0.0476. The Morgan fingerprint density at radius 2 is 1.81 bits per heavy atom. The van der Waals surface area contributed by atoms with Gasteiger partial charge in [-0.3, -0.25) is 14.9 Å². The summed E-state index contributed by atoms with van der Waals surface area (Å²) in [6.45, 7) is 1.58. The van der Waals surface area contributed by atoms with Crippen LogP contribution in [-0.2, 0) is 9.59 Å². The van der Waals surface area contributed by atoms with Crippen LogP contribution < -0.4 is 10.6 Å². The van der Waals surface area contributed by atoms with Gasteiger partial charge in [-0.2, -0.15) is 0 Å². The Balaban J connectivity index is 0.00000231. The highest BCUT2D eigenvalue weighted by Gasteiger charge is 2.28. The average Bonchev–Trinajstić information content (AvgIpc) is 3.45. The number of rotatable bonds is 4. The molecule has 4 aromatic rings. The number of nitrogens with zero attached hydrogens (tertiary/aromatic N) is 2. The van der Waals surface area contributed by atoms with E-state index in [-0.39, 0.29) is 23.9 Å². The standard InChI is InChI=1S/C21H13FN4O2S2.ClH/c1-10-16(20(28)26-19(10)27)23-18-15-13(14-3-2-8-29-14)9-30-21(15)25-17(24-18)11-4-6-12(22)7-5-11;/h2-9H,1H3,(H2,23,24,25,26,27,28);1H. The lowest BCUT2D eigenvalue weighted by molar-refractivity contribution is -0.124. The van der Waals surface area contributed by atoms with E-state index in [1.165, 1.54) is 23.5 Å². The molecule has 1 aromatic carbocycles. The summed E-state index contributed by atoms with van der Waals surface area (Å²) in [6, 6.07) is 9.85. The SMILES string of the molecule is CC1=C(Nc2nc(-c3ccc(F)cc3)nc3scc(-c4cccs4)c23)C(=O)NC1=O.Cl. The third kappa shape index (κ3) is 3.71. The van der Waals surface area contributed by atoms with Crippen LogP contribution in [0.2, 0.25) is 0 Å². The molecule has 31 heavy (non-hydrogen) atoms. The van der Waals surface area contributed by atoms with E-state index in [1.807, 2.05) is 22.9 Å². The predicted octanol–water partition coefficient (Wildman–Crippen LogP) is 4.99. The molecule has 2 N–H and O–H groups in total. The molecule has 3 aromatic heterocycles. The topological polar surface area (TPSA) is 84.0 Å². The first-order valence-electron chi connectivity index (χ1n) is 8.94. The van der Waals surface area contributed by atoms with Gasteiger partial charge in [-0.15, -0.1) is 35.1 Å². The monoisotopic (exact) mass is 472 g/mol. The summed E-state index contributed by atoms with van der Waals surface area (Å²) < 4.78 is 13.4. The maximum atomic E-state index is 13.4. The van der Waals surface area contributed by atoms with Crippen molar-refractivity contribution in [1.82, 2.24) is 15.3 Å². The molecule has 0 saturated carbocycles. The molecule has 0 fully saturated rings. The Kier molecular flexibility index (Phi) is 5.57. The molecule has 4 heterocycles. The molecule has 0 bridgehead atoms. The summed E-state index contributed by atoms with van der Waals surface area (Å²) >= 11 is 3.04. The molecule has 6 nitrogen and oxygen atoms in total. The van der Waals surface area contributed by atoms with E-state index in [9.17, 15) is 14.0 Å². The minimum absolute atomic E-state index is 0. The fourth-order valence-corrected chi connectivity index (χ4v) is 4.95. The summed E-state index contributed by atoms with van der Waals surface area (Å²) in [4.78, 5) is 35.2. The number of halogens is 2. The number of anilines is 1. The maximum Gasteiger partial charge on any atom is 0.275 e. The van der Waals surface area contributed by atoms with E-state index in [1.54, 1.807) is 30.4 Å². The lowest BCUT2D eigenvalue weighted by Gasteiger charge is -2.11. The summed E-state index contributed by atoms with van der Waals surface area (Å²) in [7, 11) is 0. The lowest BCUT2D eigenvalue weighted by atomic mass is 10.1. The molecular weight excluding hydrogens is 459 g/mol. The zero-order valence-electron chi connectivity index (χ0n) is 15.9. The second-order valence-electron chi connectivity index (χ2n) is 6.62.